The SMILES string of the molecule is c1ccc2cc(-c3cc4nccnc4[nH]3)ncc2c1. The Balaban J connectivity index is 1.93. The van der Waals surface area contributed by atoms with Crippen LogP contribution in [0.4, 0.5) is 0 Å². The third-order valence-corrected chi connectivity index (χ3v) is 3.17. The minimum absolute atomic E-state index is 0.785. The number of fused-ring (bicyclic) bond motifs is 2. The van der Waals surface area contributed by atoms with Crippen LogP contribution >= 0.6 is 0 Å². The molecule has 4 heteroatoms. The summed E-state index contributed by atoms with van der Waals surface area (Å²) >= 11 is 0. The summed E-state index contributed by atoms with van der Waals surface area (Å²) in [7, 11) is 0. The van der Waals surface area contributed by atoms with Gasteiger partial charge in [0.1, 0.15) is 5.52 Å². The summed E-state index contributed by atoms with van der Waals surface area (Å²) in [6, 6.07) is 12.2. The Labute approximate surface area is 109 Å². The molecule has 4 aromatic rings. The van der Waals surface area contributed by atoms with Crippen molar-refractivity contribution in [2.24, 2.45) is 0 Å². The van der Waals surface area contributed by atoms with E-state index >= 15 is 0 Å². The Morgan fingerprint density at radius 3 is 2.58 bits per heavy atom. The second-order valence-electron chi connectivity index (χ2n) is 4.39. The molecule has 3 aromatic heterocycles. The fourth-order valence-corrected chi connectivity index (χ4v) is 2.22. The molecular formula is C15H10N4. The molecule has 0 bridgehead atoms. The highest BCUT2D eigenvalue weighted by atomic mass is 14.9. The Hall–Kier alpha value is -2.75. The number of aromatic nitrogens is 4. The summed E-state index contributed by atoms with van der Waals surface area (Å²) in [6.45, 7) is 0. The third kappa shape index (κ3) is 1.65. The Morgan fingerprint density at radius 2 is 1.68 bits per heavy atom. The zero-order valence-electron chi connectivity index (χ0n) is 10.0. The van der Waals surface area contributed by atoms with Gasteiger partial charge in [0.25, 0.3) is 0 Å². The van der Waals surface area contributed by atoms with Gasteiger partial charge < -0.3 is 4.98 Å². The fourth-order valence-electron chi connectivity index (χ4n) is 2.22. The molecule has 3 heterocycles. The molecule has 1 aromatic carbocycles. The highest BCUT2D eigenvalue weighted by molar-refractivity contribution is 5.86. The lowest BCUT2D eigenvalue weighted by Gasteiger charge is -2.00. The first kappa shape index (κ1) is 10.2. The molecule has 0 fully saturated rings. The Kier molecular flexibility index (Phi) is 2.08. The number of hydrogen-bond donors (Lipinski definition) is 1. The fraction of sp³-hybridized carbons (Fsp3) is 0. The minimum Gasteiger partial charge on any atom is -0.337 e. The van der Waals surface area contributed by atoms with E-state index in [9.17, 15) is 0 Å². The second-order valence-corrected chi connectivity index (χ2v) is 4.39. The van der Waals surface area contributed by atoms with E-state index in [0.29, 0.717) is 0 Å². The van der Waals surface area contributed by atoms with Crippen LogP contribution in [0, 0.1) is 0 Å². The number of benzene rings is 1. The van der Waals surface area contributed by atoms with Crippen molar-refractivity contribution in [3.05, 3.63) is 55.0 Å². The quantitative estimate of drug-likeness (QED) is 0.561. The van der Waals surface area contributed by atoms with Crippen molar-refractivity contribution in [3.8, 4) is 11.4 Å². The Bertz CT molecular complexity index is 846. The van der Waals surface area contributed by atoms with E-state index < -0.39 is 0 Å². The van der Waals surface area contributed by atoms with Crippen LogP contribution in [0.15, 0.2) is 55.0 Å². The zero-order chi connectivity index (χ0) is 12.7. The normalized spacial score (nSPS) is 11.2. The van der Waals surface area contributed by atoms with Crippen LogP contribution in [0.1, 0.15) is 0 Å². The average molecular weight is 246 g/mol. The lowest BCUT2D eigenvalue weighted by molar-refractivity contribution is 1.25. The van der Waals surface area contributed by atoms with Gasteiger partial charge >= 0.3 is 0 Å². The Morgan fingerprint density at radius 1 is 0.842 bits per heavy atom. The van der Waals surface area contributed by atoms with Crippen molar-refractivity contribution in [1.29, 1.82) is 0 Å². The highest BCUT2D eigenvalue weighted by Crippen LogP contribution is 2.23. The molecule has 19 heavy (non-hydrogen) atoms. The molecule has 0 saturated heterocycles. The molecule has 0 amide bonds. The maximum Gasteiger partial charge on any atom is 0.156 e. The van der Waals surface area contributed by atoms with Gasteiger partial charge in [0.15, 0.2) is 5.65 Å². The molecule has 0 atom stereocenters. The summed E-state index contributed by atoms with van der Waals surface area (Å²) in [5.41, 5.74) is 3.48. The highest BCUT2D eigenvalue weighted by Gasteiger charge is 2.06. The molecule has 4 rings (SSSR count). The summed E-state index contributed by atoms with van der Waals surface area (Å²) < 4.78 is 0. The molecular weight excluding hydrogens is 236 g/mol. The topological polar surface area (TPSA) is 54.5 Å². The zero-order valence-corrected chi connectivity index (χ0v) is 10.0. The van der Waals surface area contributed by atoms with Crippen LogP contribution in [-0.4, -0.2) is 19.9 Å². The maximum absolute atomic E-state index is 4.49. The summed E-state index contributed by atoms with van der Waals surface area (Å²) in [4.78, 5) is 16.2. The van der Waals surface area contributed by atoms with E-state index in [-0.39, 0.29) is 0 Å². The monoisotopic (exact) mass is 246 g/mol. The van der Waals surface area contributed by atoms with Gasteiger partial charge in [-0.3, -0.25) is 9.97 Å². The van der Waals surface area contributed by atoms with Gasteiger partial charge in [-0.15, -0.1) is 0 Å². The molecule has 0 aliphatic heterocycles. The lowest BCUT2D eigenvalue weighted by atomic mass is 10.1. The first-order chi connectivity index (χ1) is 9.40. The predicted molar refractivity (Wildman–Crippen MR) is 74.6 cm³/mol. The van der Waals surface area contributed by atoms with Gasteiger partial charge in [-0.2, -0.15) is 0 Å². The van der Waals surface area contributed by atoms with E-state index in [4.69, 9.17) is 0 Å². The van der Waals surface area contributed by atoms with Gasteiger partial charge in [-0.1, -0.05) is 24.3 Å². The van der Waals surface area contributed by atoms with Crippen molar-refractivity contribution >= 4 is 21.9 Å². The predicted octanol–water partition coefficient (Wildman–Crippen LogP) is 3.17. The van der Waals surface area contributed by atoms with E-state index in [0.717, 1.165) is 27.9 Å². The van der Waals surface area contributed by atoms with Gasteiger partial charge in [0.2, 0.25) is 0 Å². The first-order valence-electron chi connectivity index (χ1n) is 6.05. The number of nitrogens with zero attached hydrogens (tertiary/aromatic N) is 3. The van der Waals surface area contributed by atoms with Crippen molar-refractivity contribution in [2.45, 2.75) is 0 Å². The number of nitrogens with one attached hydrogen (secondary N) is 1. The maximum atomic E-state index is 4.49. The van der Waals surface area contributed by atoms with Crippen LogP contribution in [0.5, 0.6) is 0 Å². The van der Waals surface area contributed by atoms with E-state index in [1.807, 2.05) is 24.4 Å². The minimum atomic E-state index is 0.785. The number of rotatable bonds is 1. The number of aromatic amines is 1. The second kappa shape index (κ2) is 3.88. The van der Waals surface area contributed by atoms with Crippen LogP contribution in [-0.2, 0) is 0 Å². The molecule has 0 spiro atoms. The van der Waals surface area contributed by atoms with Crippen molar-refractivity contribution in [3.63, 3.8) is 0 Å². The molecule has 1 N–H and O–H groups in total. The van der Waals surface area contributed by atoms with E-state index in [2.05, 4.69) is 38.1 Å². The largest absolute Gasteiger partial charge is 0.337 e. The number of H-pyrrole nitrogens is 1. The lowest BCUT2D eigenvalue weighted by Crippen LogP contribution is -1.84. The molecule has 0 aliphatic rings. The van der Waals surface area contributed by atoms with Crippen molar-refractivity contribution in [2.75, 3.05) is 0 Å². The number of hydrogen-bond acceptors (Lipinski definition) is 3. The summed E-state index contributed by atoms with van der Waals surface area (Å²) in [5.74, 6) is 0. The molecule has 4 nitrogen and oxygen atoms in total. The van der Waals surface area contributed by atoms with Crippen LogP contribution in [0.3, 0.4) is 0 Å². The van der Waals surface area contributed by atoms with E-state index in [1.54, 1.807) is 12.4 Å². The van der Waals surface area contributed by atoms with Crippen molar-refractivity contribution < 1.29 is 0 Å². The summed E-state index contributed by atoms with van der Waals surface area (Å²) in [6.07, 6.45) is 5.25. The molecule has 90 valence electrons. The number of pyridine rings is 1. The van der Waals surface area contributed by atoms with Crippen LogP contribution in [0.25, 0.3) is 33.3 Å². The van der Waals surface area contributed by atoms with Gasteiger partial charge in [-0.05, 0) is 17.5 Å². The van der Waals surface area contributed by atoms with Gasteiger partial charge in [0, 0.05) is 24.0 Å². The third-order valence-electron chi connectivity index (χ3n) is 3.17. The first-order valence-corrected chi connectivity index (χ1v) is 6.05. The summed E-state index contributed by atoms with van der Waals surface area (Å²) in [5, 5.41) is 2.31. The van der Waals surface area contributed by atoms with Crippen molar-refractivity contribution in [1.82, 2.24) is 19.9 Å². The molecule has 0 unspecified atom stereocenters. The molecule has 0 aliphatic carbocycles. The smallest absolute Gasteiger partial charge is 0.156 e. The van der Waals surface area contributed by atoms with Crippen LogP contribution < -0.4 is 0 Å². The van der Waals surface area contributed by atoms with Gasteiger partial charge in [0.05, 0.1) is 11.4 Å². The molecule has 0 saturated carbocycles. The van der Waals surface area contributed by atoms with Gasteiger partial charge in [-0.25, -0.2) is 4.98 Å². The average Bonchev–Trinajstić information content (AvgIpc) is 2.90. The van der Waals surface area contributed by atoms with E-state index in [1.165, 1.54) is 5.39 Å². The van der Waals surface area contributed by atoms with Crippen LogP contribution in [0.2, 0.25) is 0 Å². The standard InChI is InChI=1S/C15H10N4/c1-2-4-11-9-18-12(7-10(11)3-1)13-8-14-15(19-13)17-6-5-16-14/h1-9H,(H,17,19). The molecule has 0 radical (unpaired) electrons.